The fourth-order valence-electron chi connectivity index (χ4n) is 2.29. The van der Waals surface area contributed by atoms with Crippen LogP contribution in [-0.2, 0) is 7.05 Å². The average molecular weight is 331 g/mol. The Kier molecular flexibility index (Phi) is 4.07. The quantitative estimate of drug-likeness (QED) is 0.743. The number of aryl methyl sites for hydroxylation is 1. The highest BCUT2D eigenvalue weighted by atomic mass is 19.2. The van der Waals surface area contributed by atoms with Crippen molar-refractivity contribution >= 4 is 11.6 Å². The van der Waals surface area contributed by atoms with Crippen molar-refractivity contribution in [2.24, 2.45) is 7.05 Å². The zero-order valence-corrected chi connectivity index (χ0v) is 12.6. The van der Waals surface area contributed by atoms with Crippen molar-refractivity contribution in [3.8, 4) is 11.1 Å². The summed E-state index contributed by atoms with van der Waals surface area (Å²) in [5.74, 6) is -4.58. The summed E-state index contributed by atoms with van der Waals surface area (Å²) in [6.45, 7) is 0. The Morgan fingerprint density at radius 3 is 2.50 bits per heavy atom. The number of anilines is 1. The highest BCUT2D eigenvalue weighted by Gasteiger charge is 2.18. The smallest absolute Gasteiger partial charge is 0.258 e. The molecule has 1 amide bonds. The maximum atomic E-state index is 14.1. The minimum Gasteiger partial charge on any atom is -0.321 e. The maximum absolute atomic E-state index is 14.1. The van der Waals surface area contributed by atoms with E-state index in [0.29, 0.717) is 5.56 Å². The van der Waals surface area contributed by atoms with Gasteiger partial charge in [0.05, 0.1) is 11.8 Å². The fourth-order valence-corrected chi connectivity index (χ4v) is 2.29. The van der Waals surface area contributed by atoms with Gasteiger partial charge in [-0.1, -0.05) is 18.2 Å². The van der Waals surface area contributed by atoms with Crippen LogP contribution in [0.3, 0.4) is 0 Å². The second-order valence-corrected chi connectivity index (χ2v) is 5.13. The normalized spacial score (nSPS) is 10.7. The van der Waals surface area contributed by atoms with Crippen LogP contribution in [0.5, 0.6) is 0 Å². The molecule has 24 heavy (non-hydrogen) atoms. The highest BCUT2D eigenvalue weighted by Crippen LogP contribution is 2.32. The van der Waals surface area contributed by atoms with E-state index in [9.17, 15) is 18.0 Å². The lowest BCUT2D eigenvalue weighted by atomic mass is 10.0. The third-order valence-electron chi connectivity index (χ3n) is 3.47. The number of benzene rings is 2. The van der Waals surface area contributed by atoms with E-state index >= 15 is 0 Å². The number of halogens is 3. The van der Waals surface area contributed by atoms with Crippen molar-refractivity contribution in [2.75, 3.05) is 5.32 Å². The van der Waals surface area contributed by atoms with E-state index in [1.165, 1.54) is 23.1 Å². The number of amides is 1. The molecule has 0 spiro atoms. The van der Waals surface area contributed by atoms with Gasteiger partial charge in [-0.3, -0.25) is 9.48 Å². The molecule has 2 aromatic carbocycles. The second kappa shape index (κ2) is 6.19. The first-order valence-corrected chi connectivity index (χ1v) is 7.00. The van der Waals surface area contributed by atoms with Gasteiger partial charge >= 0.3 is 0 Å². The number of carbonyl (C=O) groups is 1. The molecule has 0 fully saturated rings. The summed E-state index contributed by atoms with van der Waals surface area (Å²) in [5.41, 5.74) is 0.691. The molecule has 1 heterocycles. The van der Waals surface area contributed by atoms with Crippen molar-refractivity contribution < 1.29 is 18.0 Å². The van der Waals surface area contributed by atoms with Gasteiger partial charge in [-0.05, 0) is 18.2 Å². The van der Waals surface area contributed by atoms with E-state index in [1.54, 1.807) is 25.2 Å². The molecule has 1 N–H and O–H groups in total. The van der Waals surface area contributed by atoms with Crippen LogP contribution < -0.4 is 5.32 Å². The van der Waals surface area contributed by atoms with Crippen molar-refractivity contribution in [2.45, 2.75) is 0 Å². The van der Waals surface area contributed by atoms with Crippen LogP contribution in [0.1, 0.15) is 10.4 Å². The van der Waals surface area contributed by atoms with Gasteiger partial charge in [-0.2, -0.15) is 5.10 Å². The minimum atomic E-state index is -1.55. The Hall–Kier alpha value is -3.09. The number of nitrogens with zero attached hydrogens (tertiary/aromatic N) is 2. The highest BCUT2D eigenvalue weighted by molar-refractivity contribution is 6.06. The number of para-hydroxylation sites is 1. The molecule has 0 bridgehead atoms. The molecular formula is C17H12F3N3O. The minimum absolute atomic E-state index is 0.143. The third-order valence-corrected chi connectivity index (χ3v) is 3.47. The first-order chi connectivity index (χ1) is 11.5. The zero-order valence-electron chi connectivity index (χ0n) is 12.6. The van der Waals surface area contributed by atoms with Crippen LogP contribution in [0.25, 0.3) is 11.1 Å². The van der Waals surface area contributed by atoms with Gasteiger partial charge in [0.2, 0.25) is 0 Å². The van der Waals surface area contributed by atoms with Gasteiger partial charge in [-0.25, -0.2) is 13.2 Å². The number of hydrogen-bond donors (Lipinski definition) is 1. The van der Waals surface area contributed by atoms with Crippen LogP contribution in [0.4, 0.5) is 18.9 Å². The summed E-state index contributed by atoms with van der Waals surface area (Å²) in [4.78, 5) is 12.2. The van der Waals surface area contributed by atoms with Gasteiger partial charge in [0, 0.05) is 30.1 Å². The van der Waals surface area contributed by atoms with E-state index in [0.717, 1.165) is 12.1 Å². The van der Waals surface area contributed by atoms with E-state index in [1.807, 2.05) is 0 Å². The predicted octanol–water partition coefficient (Wildman–Crippen LogP) is 3.76. The SMILES string of the molecule is Cn1cc(C(=O)Nc2ccccc2-c2ccc(F)c(F)c2F)cn1. The topological polar surface area (TPSA) is 46.9 Å². The van der Waals surface area contributed by atoms with Crippen LogP contribution >= 0.6 is 0 Å². The molecule has 0 saturated carbocycles. The summed E-state index contributed by atoms with van der Waals surface area (Å²) in [7, 11) is 1.67. The van der Waals surface area contributed by atoms with E-state index in [4.69, 9.17) is 0 Å². The lowest BCUT2D eigenvalue weighted by Crippen LogP contribution is -2.12. The number of carbonyl (C=O) groups excluding carboxylic acids is 1. The lowest BCUT2D eigenvalue weighted by molar-refractivity contribution is 0.102. The van der Waals surface area contributed by atoms with Crippen LogP contribution in [0, 0.1) is 17.5 Å². The van der Waals surface area contributed by atoms with E-state index < -0.39 is 23.4 Å². The van der Waals surface area contributed by atoms with Crippen molar-refractivity contribution in [3.63, 3.8) is 0 Å². The van der Waals surface area contributed by atoms with Crippen molar-refractivity contribution in [3.05, 3.63) is 71.8 Å². The number of hydrogen-bond acceptors (Lipinski definition) is 2. The molecule has 0 aliphatic carbocycles. The number of nitrogens with one attached hydrogen (secondary N) is 1. The second-order valence-electron chi connectivity index (χ2n) is 5.13. The van der Waals surface area contributed by atoms with Gasteiger partial charge in [0.15, 0.2) is 17.5 Å². The Labute approximate surface area is 135 Å². The van der Waals surface area contributed by atoms with Crippen LogP contribution in [0.15, 0.2) is 48.8 Å². The van der Waals surface area contributed by atoms with Gasteiger partial charge in [0.25, 0.3) is 5.91 Å². The molecule has 0 unspecified atom stereocenters. The monoisotopic (exact) mass is 331 g/mol. The van der Waals surface area contributed by atoms with Crippen molar-refractivity contribution in [1.29, 1.82) is 0 Å². The molecule has 0 aliphatic heterocycles. The summed E-state index contributed by atoms with van der Waals surface area (Å²) in [6.07, 6.45) is 2.91. The van der Waals surface area contributed by atoms with Crippen LogP contribution in [-0.4, -0.2) is 15.7 Å². The Bertz CT molecular complexity index is 921. The molecule has 122 valence electrons. The van der Waals surface area contributed by atoms with Crippen molar-refractivity contribution in [1.82, 2.24) is 9.78 Å². The Morgan fingerprint density at radius 1 is 1.04 bits per heavy atom. The molecule has 0 saturated heterocycles. The summed E-state index contributed by atoms with van der Waals surface area (Å²) < 4.78 is 42.1. The van der Waals surface area contributed by atoms with Gasteiger partial charge in [0.1, 0.15) is 0 Å². The number of rotatable bonds is 3. The summed E-state index contributed by atoms with van der Waals surface area (Å²) in [6, 6.07) is 8.27. The molecule has 7 heteroatoms. The van der Waals surface area contributed by atoms with Gasteiger partial charge < -0.3 is 5.32 Å². The predicted molar refractivity (Wildman–Crippen MR) is 82.9 cm³/mol. The standard InChI is InChI=1S/C17H12F3N3O/c1-23-9-10(8-21-23)17(24)22-14-5-3-2-4-11(14)12-6-7-13(18)16(20)15(12)19/h2-9H,1H3,(H,22,24). The summed E-state index contributed by atoms with van der Waals surface area (Å²) >= 11 is 0. The fraction of sp³-hybridized carbons (Fsp3) is 0.0588. The number of aromatic nitrogens is 2. The molecule has 1 aromatic heterocycles. The molecular weight excluding hydrogens is 319 g/mol. The van der Waals surface area contributed by atoms with Crippen LogP contribution in [0.2, 0.25) is 0 Å². The Morgan fingerprint density at radius 2 is 1.79 bits per heavy atom. The molecule has 0 radical (unpaired) electrons. The molecule has 0 aliphatic rings. The molecule has 4 nitrogen and oxygen atoms in total. The summed E-state index contributed by atoms with van der Waals surface area (Å²) in [5, 5.41) is 6.52. The van der Waals surface area contributed by atoms with E-state index in [2.05, 4.69) is 10.4 Å². The first-order valence-electron chi connectivity index (χ1n) is 7.00. The third kappa shape index (κ3) is 2.88. The van der Waals surface area contributed by atoms with Gasteiger partial charge in [-0.15, -0.1) is 0 Å². The zero-order chi connectivity index (χ0) is 17.3. The van der Waals surface area contributed by atoms with E-state index in [-0.39, 0.29) is 16.8 Å². The molecule has 3 rings (SSSR count). The first kappa shape index (κ1) is 15.8. The largest absolute Gasteiger partial charge is 0.321 e. The lowest BCUT2D eigenvalue weighted by Gasteiger charge is -2.12. The Balaban J connectivity index is 2.00. The average Bonchev–Trinajstić information content (AvgIpc) is 3.00. The molecule has 3 aromatic rings. The molecule has 0 atom stereocenters. The maximum Gasteiger partial charge on any atom is 0.258 e.